The topological polar surface area (TPSA) is 120 Å². The van der Waals surface area contributed by atoms with Gasteiger partial charge >= 0.3 is 12.2 Å². The molecule has 2 aromatic heterocycles. The number of amides is 1. The van der Waals surface area contributed by atoms with Crippen LogP contribution in [0.4, 0.5) is 19.0 Å². The van der Waals surface area contributed by atoms with Crippen molar-refractivity contribution < 1.29 is 22.7 Å². The number of anilines is 1. The number of ether oxygens (including phenoxy) is 1. The third kappa shape index (κ3) is 6.08. The number of likely N-dealkylation sites (N-methyl/N-ethyl adjacent to an activating group) is 1. The zero-order chi connectivity index (χ0) is 33.5. The van der Waals surface area contributed by atoms with Gasteiger partial charge in [0.2, 0.25) is 11.7 Å². The molecule has 0 bridgehead atoms. The molecule has 0 saturated carbocycles. The number of fused-ring (bicyclic) bond motifs is 2. The molecule has 2 aliphatic rings. The van der Waals surface area contributed by atoms with Crippen LogP contribution in [-0.2, 0) is 11.0 Å². The van der Waals surface area contributed by atoms with Crippen LogP contribution in [0.1, 0.15) is 25.1 Å². The first-order valence-electron chi connectivity index (χ1n) is 15.0. The van der Waals surface area contributed by atoms with E-state index in [1.807, 2.05) is 7.05 Å². The molecule has 2 aliphatic heterocycles. The molecule has 1 amide bonds. The molecule has 2 fully saturated rings. The van der Waals surface area contributed by atoms with Crippen molar-refractivity contribution in [2.45, 2.75) is 37.5 Å². The summed E-state index contributed by atoms with van der Waals surface area (Å²) >= 11 is 6.47. The second-order valence-electron chi connectivity index (χ2n) is 11.5. The zero-order valence-corrected chi connectivity index (χ0v) is 26.1. The minimum atomic E-state index is -5.07. The van der Waals surface area contributed by atoms with E-state index in [4.69, 9.17) is 16.3 Å². The number of nitriles is 1. The maximum absolute atomic E-state index is 14.8. The smallest absolute Gasteiger partial charge is 0.450 e. The molecule has 0 radical (unpaired) electrons. The maximum atomic E-state index is 14.8. The number of hydrogen-bond donors (Lipinski definition) is 0. The molecule has 2 saturated heterocycles. The second-order valence-corrected chi connectivity index (χ2v) is 11.9. The Labute approximate surface area is 272 Å². The predicted molar refractivity (Wildman–Crippen MR) is 170 cm³/mol. The van der Waals surface area contributed by atoms with Gasteiger partial charge < -0.3 is 19.4 Å². The van der Waals surface area contributed by atoms with E-state index in [9.17, 15) is 28.0 Å². The van der Waals surface area contributed by atoms with Gasteiger partial charge in [-0.2, -0.15) is 28.4 Å². The van der Waals surface area contributed by atoms with Crippen molar-refractivity contribution in [3.8, 4) is 17.8 Å². The van der Waals surface area contributed by atoms with Gasteiger partial charge in [-0.15, -0.1) is 0 Å². The van der Waals surface area contributed by atoms with Crippen molar-refractivity contribution in [2.24, 2.45) is 0 Å². The number of benzene rings is 2. The number of nitrogens with zero attached hydrogens (tertiary/aromatic N) is 8. The van der Waals surface area contributed by atoms with E-state index in [2.05, 4.69) is 32.5 Å². The summed E-state index contributed by atoms with van der Waals surface area (Å²) < 4.78 is 51.0. The number of carbonyl (C=O) groups excluding carboxylic acids is 1. The Bertz CT molecular complexity index is 1970. The summed E-state index contributed by atoms with van der Waals surface area (Å²) in [5.74, 6) is -1.93. The Morgan fingerprint density at radius 3 is 2.57 bits per heavy atom. The molecule has 0 aliphatic carbocycles. The van der Waals surface area contributed by atoms with Gasteiger partial charge in [0.1, 0.15) is 12.1 Å². The van der Waals surface area contributed by atoms with Crippen LogP contribution in [0.5, 0.6) is 6.01 Å². The summed E-state index contributed by atoms with van der Waals surface area (Å²) in [6.07, 6.45) is -2.13. The summed E-state index contributed by atoms with van der Waals surface area (Å²) in [6.45, 7) is 4.90. The Morgan fingerprint density at radius 1 is 1.13 bits per heavy atom. The van der Waals surface area contributed by atoms with Gasteiger partial charge in [0.05, 0.1) is 29.2 Å². The molecular weight excluding hydrogens is 637 g/mol. The van der Waals surface area contributed by atoms with E-state index in [0.29, 0.717) is 9.95 Å². The van der Waals surface area contributed by atoms with Crippen LogP contribution in [0.25, 0.3) is 27.5 Å². The molecule has 244 valence electrons. The number of hydrogen-bond acceptors (Lipinski definition) is 9. The van der Waals surface area contributed by atoms with Crippen LogP contribution in [0.2, 0.25) is 5.02 Å². The highest BCUT2D eigenvalue weighted by Crippen LogP contribution is 2.36. The Morgan fingerprint density at radius 2 is 1.89 bits per heavy atom. The molecule has 15 heteroatoms. The highest BCUT2D eigenvalue weighted by Gasteiger charge is 2.40. The average molecular weight is 667 g/mol. The average Bonchev–Trinajstić information content (AvgIpc) is 3.47. The number of likely N-dealkylation sites (tertiary alicyclic amines) is 1. The fourth-order valence-electron chi connectivity index (χ4n) is 6.29. The van der Waals surface area contributed by atoms with E-state index < -0.39 is 23.6 Å². The zero-order valence-electron chi connectivity index (χ0n) is 25.4. The van der Waals surface area contributed by atoms with Crippen LogP contribution in [0, 0.1) is 11.3 Å². The molecule has 11 nitrogen and oxygen atoms in total. The van der Waals surface area contributed by atoms with Crippen molar-refractivity contribution in [3.05, 3.63) is 70.3 Å². The highest BCUT2D eigenvalue weighted by molar-refractivity contribution is 6.36. The molecule has 4 aromatic rings. The van der Waals surface area contributed by atoms with Gasteiger partial charge in [-0.05, 0) is 50.0 Å². The molecule has 6 rings (SSSR count). The van der Waals surface area contributed by atoms with Gasteiger partial charge in [-0.3, -0.25) is 14.2 Å². The maximum Gasteiger partial charge on any atom is 0.450 e. The molecule has 2 unspecified atom stereocenters. The van der Waals surface area contributed by atoms with Crippen LogP contribution in [0.15, 0.2) is 53.8 Å². The third-order valence-electron chi connectivity index (χ3n) is 8.65. The monoisotopic (exact) mass is 666 g/mol. The first kappa shape index (κ1) is 32.2. The molecule has 0 N–H and O–H groups in total. The fourth-order valence-corrected chi connectivity index (χ4v) is 6.57. The van der Waals surface area contributed by atoms with Gasteiger partial charge in [0, 0.05) is 31.1 Å². The highest BCUT2D eigenvalue weighted by atomic mass is 35.5. The Balaban J connectivity index is 1.57. The lowest BCUT2D eigenvalue weighted by molar-refractivity contribution is -0.146. The molecule has 2 atom stereocenters. The quantitative estimate of drug-likeness (QED) is 0.261. The lowest BCUT2D eigenvalue weighted by atomic mass is 10.1. The van der Waals surface area contributed by atoms with E-state index in [-0.39, 0.29) is 83.6 Å². The Hall–Kier alpha value is -4.74. The summed E-state index contributed by atoms with van der Waals surface area (Å²) in [5.41, 5.74) is -1.96. The van der Waals surface area contributed by atoms with Crippen molar-refractivity contribution in [1.29, 1.82) is 5.26 Å². The van der Waals surface area contributed by atoms with E-state index in [0.717, 1.165) is 25.5 Å². The van der Waals surface area contributed by atoms with Crippen molar-refractivity contribution in [2.75, 3.05) is 44.7 Å². The third-order valence-corrected chi connectivity index (χ3v) is 8.96. The number of halogens is 4. The first-order valence-corrected chi connectivity index (χ1v) is 15.4. The largest absolute Gasteiger partial charge is 0.462 e. The van der Waals surface area contributed by atoms with Crippen LogP contribution in [-0.4, -0.2) is 87.1 Å². The lowest BCUT2D eigenvalue weighted by Crippen LogP contribution is -2.55. The summed E-state index contributed by atoms with van der Waals surface area (Å²) in [7, 11) is 1.96. The number of alkyl halides is 3. The van der Waals surface area contributed by atoms with Gasteiger partial charge in [-0.1, -0.05) is 42.4 Å². The predicted octanol–water partition coefficient (Wildman–Crippen LogP) is 4.59. The molecule has 2 aromatic carbocycles. The van der Waals surface area contributed by atoms with Gasteiger partial charge in [0.15, 0.2) is 11.3 Å². The standard InChI is InChI=1S/C32H30ClF3N8O3/c1-3-24(45)43-16-15-42(17-20(43)12-13-37)28-26-27(39-31(40-28)47-18-21-9-6-14-41(21)2)29(46)44(30(38-26)32(34,35)36)23-11-5-8-19-7-4-10-22(33)25(19)23/h3-5,7-8,10-11,20-21H,1,6,9,12,14-18H2,2H3. The van der Waals surface area contributed by atoms with Crippen molar-refractivity contribution in [3.63, 3.8) is 0 Å². The molecule has 0 spiro atoms. The molecule has 4 heterocycles. The minimum absolute atomic E-state index is 0.0368. The van der Waals surface area contributed by atoms with Gasteiger partial charge in [-0.25, -0.2) is 4.98 Å². The van der Waals surface area contributed by atoms with E-state index >= 15 is 0 Å². The minimum Gasteiger partial charge on any atom is -0.462 e. The SMILES string of the molecule is C=CC(=O)N1CCN(c2nc(OCC3CCCN3C)nc3c(=O)n(-c4cccc5cccc(Cl)c45)c(C(F)(F)F)nc23)CC1CC#N. The van der Waals surface area contributed by atoms with Gasteiger partial charge in [0.25, 0.3) is 5.56 Å². The summed E-state index contributed by atoms with van der Waals surface area (Å²) in [6, 6.07) is 10.7. The summed E-state index contributed by atoms with van der Waals surface area (Å²) in [5, 5.41) is 10.4. The number of piperazine rings is 1. The Kier molecular flexibility index (Phi) is 8.78. The molecular formula is C32H30ClF3N8O3. The van der Waals surface area contributed by atoms with E-state index in [1.165, 1.54) is 23.1 Å². The molecule has 47 heavy (non-hydrogen) atoms. The second kappa shape index (κ2) is 12.8. The number of carbonyl (C=O) groups is 1. The number of aromatic nitrogens is 4. The van der Waals surface area contributed by atoms with Crippen molar-refractivity contribution in [1.82, 2.24) is 29.3 Å². The van der Waals surface area contributed by atoms with Crippen molar-refractivity contribution >= 4 is 45.1 Å². The fraction of sp³-hybridized carbons (Fsp3) is 0.375. The lowest BCUT2D eigenvalue weighted by Gasteiger charge is -2.40. The van der Waals surface area contributed by atoms with Crippen LogP contribution >= 0.6 is 11.6 Å². The van der Waals surface area contributed by atoms with E-state index in [1.54, 1.807) is 23.1 Å². The summed E-state index contributed by atoms with van der Waals surface area (Å²) in [4.78, 5) is 44.9. The van der Waals surface area contributed by atoms with Crippen LogP contribution < -0.4 is 15.2 Å². The normalized spacial score (nSPS) is 18.9. The van der Waals surface area contributed by atoms with Crippen LogP contribution in [0.3, 0.4) is 0 Å². The number of rotatable bonds is 7. The first-order chi connectivity index (χ1) is 22.5.